The highest BCUT2D eigenvalue weighted by molar-refractivity contribution is 5.67. The lowest BCUT2D eigenvalue weighted by Crippen LogP contribution is -2.36. The number of benzene rings is 1. The van der Waals surface area contributed by atoms with Gasteiger partial charge in [0.15, 0.2) is 0 Å². The molecule has 2 rings (SSSR count). The summed E-state index contributed by atoms with van der Waals surface area (Å²) in [7, 11) is 0. The predicted molar refractivity (Wildman–Crippen MR) is 86.6 cm³/mol. The summed E-state index contributed by atoms with van der Waals surface area (Å²) in [5.41, 5.74) is 0.965. The van der Waals surface area contributed by atoms with Crippen molar-refractivity contribution < 1.29 is 14.3 Å². The van der Waals surface area contributed by atoms with Crippen molar-refractivity contribution in [1.29, 1.82) is 0 Å². The van der Waals surface area contributed by atoms with Gasteiger partial charge in [0, 0.05) is 13.2 Å². The average molecular weight is 305 g/mol. The molecule has 1 aliphatic rings. The van der Waals surface area contributed by atoms with Crippen LogP contribution in [-0.2, 0) is 16.1 Å². The van der Waals surface area contributed by atoms with Gasteiger partial charge in [-0.2, -0.15) is 0 Å². The topological polar surface area (TPSA) is 47.6 Å². The van der Waals surface area contributed by atoms with Crippen LogP contribution < -0.4 is 5.32 Å². The number of ether oxygens (including phenoxy) is 2. The first kappa shape index (κ1) is 16.8. The van der Waals surface area contributed by atoms with Crippen LogP contribution in [0.5, 0.6) is 0 Å². The summed E-state index contributed by atoms with van der Waals surface area (Å²) in [6, 6.07) is 10.2. The third kappa shape index (κ3) is 6.06. The Kier molecular flexibility index (Phi) is 5.46. The molecule has 122 valence electrons. The van der Waals surface area contributed by atoms with E-state index in [0.29, 0.717) is 13.2 Å². The Labute approximate surface area is 133 Å². The molecule has 1 aliphatic carbocycles. The Balaban J connectivity index is 1.62. The second kappa shape index (κ2) is 7.14. The number of hydrogen-bond donors (Lipinski definition) is 1. The molecule has 22 heavy (non-hydrogen) atoms. The number of amides is 1. The highest BCUT2D eigenvalue weighted by Gasteiger charge is 2.42. The molecule has 0 aromatic heterocycles. The van der Waals surface area contributed by atoms with Gasteiger partial charge < -0.3 is 14.8 Å². The molecule has 0 radical (unpaired) electrons. The molecule has 0 bridgehead atoms. The minimum absolute atomic E-state index is 0.216. The van der Waals surface area contributed by atoms with Gasteiger partial charge in [-0.25, -0.2) is 4.79 Å². The summed E-state index contributed by atoms with van der Waals surface area (Å²) >= 11 is 0. The number of nitrogens with one attached hydrogen (secondary N) is 1. The van der Waals surface area contributed by atoms with Crippen molar-refractivity contribution in [2.75, 3.05) is 13.2 Å². The highest BCUT2D eigenvalue weighted by atomic mass is 16.6. The lowest BCUT2D eigenvalue weighted by Gasteiger charge is -2.21. The standard InChI is InChI=1S/C18H27NO3/c1-17(2,3)22-16(20)19-14-18(9-10-18)11-12-21-13-15-7-5-4-6-8-15/h4-8H,9-14H2,1-3H3,(H,19,20). The Bertz CT molecular complexity index is 475. The Morgan fingerprint density at radius 2 is 1.91 bits per heavy atom. The van der Waals surface area contributed by atoms with E-state index in [-0.39, 0.29) is 11.5 Å². The van der Waals surface area contributed by atoms with E-state index in [4.69, 9.17) is 9.47 Å². The summed E-state index contributed by atoms with van der Waals surface area (Å²) in [5, 5.41) is 2.88. The van der Waals surface area contributed by atoms with Gasteiger partial charge in [0.25, 0.3) is 0 Å². The van der Waals surface area contributed by atoms with Gasteiger partial charge in [0.2, 0.25) is 0 Å². The zero-order chi connectivity index (χ0) is 16.1. The van der Waals surface area contributed by atoms with Crippen LogP contribution in [0.15, 0.2) is 30.3 Å². The largest absolute Gasteiger partial charge is 0.444 e. The van der Waals surface area contributed by atoms with Crippen LogP contribution in [0.4, 0.5) is 4.79 Å². The number of rotatable bonds is 7. The van der Waals surface area contributed by atoms with E-state index < -0.39 is 5.60 Å². The summed E-state index contributed by atoms with van der Waals surface area (Å²) in [5.74, 6) is 0. The van der Waals surface area contributed by atoms with E-state index in [1.807, 2.05) is 39.0 Å². The number of carbonyl (C=O) groups is 1. The van der Waals surface area contributed by atoms with Gasteiger partial charge in [0.05, 0.1) is 6.61 Å². The van der Waals surface area contributed by atoms with Crippen LogP contribution >= 0.6 is 0 Å². The first-order valence-electron chi connectivity index (χ1n) is 7.97. The molecular weight excluding hydrogens is 278 g/mol. The zero-order valence-corrected chi connectivity index (χ0v) is 13.9. The second-order valence-electron chi connectivity index (χ2n) is 7.14. The van der Waals surface area contributed by atoms with Crippen LogP contribution in [-0.4, -0.2) is 24.8 Å². The second-order valence-corrected chi connectivity index (χ2v) is 7.14. The molecule has 1 aromatic rings. The first-order chi connectivity index (χ1) is 10.4. The van der Waals surface area contributed by atoms with Gasteiger partial charge in [-0.1, -0.05) is 30.3 Å². The fourth-order valence-corrected chi connectivity index (χ4v) is 2.32. The van der Waals surface area contributed by atoms with E-state index in [0.717, 1.165) is 25.9 Å². The van der Waals surface area contributed by atoms with E-state index in [9.17, 15) is 4.79 Å². The van der Waals surface area contributed by atoms with Crippen molar-refractivity contribution in [2.24, 2.45) is 5.41 Å². The summed E-state index contributed by atoms with van der Waals surface area (Å²) in [4.78, 5) is 11.7. The molecular formula is C18H27NO3. The van der Waals surface area contributed by atoms with Crippen molar-refractivity contribution in [2.45, 2.75) is 52.2 Å². The molecule has 1 amide bonds. The van der Waals surface area contributed by atoms with Gasteiger partial charge in [-0.05, 0) is 51.0 Å². The smallest absolute Gasteiger partial charge is 0.407 e. The molecule has 0 saturated heterocycles. The molecule has 4 heteroatoms. The monoisotopic (exact) mass is 305 g/mol. The molecule has 1 N–H and O–H groups in total. The van der Waals surface area contributed by atoms with E-state index >= 15 is 0 Å². The normalized spacial score (nSPS) is 16.1. The Hall–Kier alpha value is -1.55. The fourth-order valence-electron chi connectivity index (χ4n) is 2.32. The number of alkyl carbamates (subject to hydrolysis) is 1. The molecule has 1 fully saturated rings. The molecule has 0 atom stereocenters. The van der Waals surface area contributed by atoms with Gasteiger partial charge in [-0.3, -0.25) is 0 Å². The van der Waals surface area contributed by atoms with Gasteiger partial charge in [0.1, 0.15) is 5.60 Å². The van der Waals surface area contributed by atoms with Crippen LogP contribution in [0.25, 0.3) is 0 Å². The molecule has 4 nitrogen and oxygen atoms in total. The summed E-state index contributed by atoms with van der Waals surface area (Å²) in [6.07, 6.45) is 2.95. The molecule has 1 aromatic carbocycles. The minimum atomic E-state index is -0.445. The molecule has 1 saturated carbocycles. The van der Waals surface area contributed by atoms with Gasteiger partial charge in [-0.15, -0.1) is 0 Å². The van der Waals surface area contributed by atoms with E-state index in [1.54, 1.807) is 0 Å². The van der Waals surface area contributed by atoms with E-state index in [2.05, 4.69) is 17.4 Å². The van der Waals surface area contributed by atoms with Crippen molar-refractivity contribution in [1.82, 2.24) is 5.32 Å². The third-order valence-electron chi connectivity index (χ3n) is 3.85. The van der Waals surface area contributed by atoms with Crippen LogP contribution in [0, 0.1) is 5.41 Å². The van der Waals surface area contributed by atoms with Crippen molar-refractivity contribution in [3.8, 4) is 0 Å². The van der Waals surface area contributed by atoms with Crippen molar-refractivity contribution in [3.05, 3.63) is 35.9 Å². The van der Waals surface area contributed by atoms with Crippen molar-refractivity contribution >= 4 is 6.09 Å². The maximum atomic E-state index is 11.7. The van der Waals surface area contributed by atoms with Crippen LogP contribution in [0.2, 0.25) is 0 Å². The SMILES string of the molecule is CC(C)(C)OC(=O)NCC1(CCOCc2ccccc2)CC1. The van der Waals surface area contributed by atoms with Gasteiger partial charge >= 0.3 is 6.09 Å². The molecule has 0 aliphatic heterocycles. The maximum Gasteiger partial charge on any atom is 0.407 e. The first-order valence-corrected chi connectivity index (χ1v) is 7.97. The minimum Gasteiger partial charge on any atom is -0.444 e. The Morgan fingerprint density at radius 3 is 2.50 bits per heavy atom. The van der Waals surface area contributed by atoms with E-state index in [1.165, 1.54) is 5.56 Å². The fraction of sp³-hybridized carbons (Fsp3) is 0.611. The molecule has 0 unspecified atom stereocenters. The lowest BCUT2D eigenvalue weighted by atomic mass is 10.0. The number of carbonyl (C=O) groups excluding carboxylic acids is 1. The molecule has 0 heterocycles. The third-order valence-corrected chi connectivity index (χ3v) is 3.85. The predicted octanol–water partition coefficient (Wildman–Crippen LogP) is 3.90. The summed E-state index contributed by atoms with van der Waals surface area (Å²) < 4.78 is 11.0. The zero-order valence-electron chi connectivity index (χ0n) is 13.9. The van der Waals surface area contributed by atoms with Crippen LogP contribution in [0.1, 0.15) is 45.6 Å². The highest BCUT2D eigenvalue weighted by Crippen LogP contribution is 2.48. The number of hydrogen-bond acceptors (Lipinski definition) is 3. The maximum absolute atomic E-state index is 11.7. The molecule has 0 spiro atoms. The summed E-state index contributed by atoms with van der Waals surface area (Å²) in [6.45, 7) is 7.67. The van der Waals surface area contributed by atoms with Crippen LogP contribution in [0.3, 0.4) is 0 Å². The van der Waals surface area contributed by atoms with Crippen molar-refractivity contribution in [3.63, 3.8) is 0 Å². The lowest BCUT2D eigenvalue weighted by molar-refractivity contribution is 0.0505. The quantitative estimate of drug-likeness (QED) is 0.777. The Morgan fingerprint density at radius 1 is 1.23 bits per heavy atom. The average Bonchev–Trinajstić information content (AvgIpc) is 3.22.